The molecule has 2 amide bonds. The van der Waals surface area contributed by atoms with Gasteiger partial charge in [0.1, 0.15) is 0 Å². The quantitative estimate of drug-likeness (QED) is 0.816. The molecule has 1 aromatic carbocycles. The van der Waals surface area contributed by atoms with Crippen LogP contribution in [0.1, 0.15) is 38.7 Å². The van der Waals surface area contributed by atoms with Gasteiger partial charge in [-0.15, -0.1) is 0 Å². The van der Waals surface area contributed by atoms with Gasteiger partial charge in [-0.3, -0.25) is 4.90 Å². The van der Waals surface area contributed by atoms with Gasteiger partial charge in [0.15, 0.2) is 0 Å². The lowest BCUT2D eigenvalue weighted by Crippen LogP contribution is -2.39. The Balaban J connectivity index is 1.75. The van der Waals surface area contributed by atoms with Gasteiger partial charge in [0.25, 0.3) is 0 Å². The van der Waals surface area contributed by atoms with Crippen LogP contribution in [0.25, 0.3) is 0 Å². The molecule has 4 heteroatoms. The largest absolute Gasteiger partial charge is 0.381 e. The van der Waals surface area contributed by atoms with Crippen molar-refractivity contribution in [3.8, 4) is 0 Å². The summed E-state index contributed by atoms with van der Waals surface area (Å²) in [4.78, 5) is 14.1. The summed E-state index contributed by atoms with van der Waals surface area (Å²) in [6.45, 7) is 9.32. The highest BCUT2D eigenvalue weighted by molar-refractivity contribution is 5.94. The monoisotopic (exact) mass is 290 g/mol. The first-order chi connectivity index (χ1) is 10.1. The Morgan fingerprint density at radius 1 is 1.43 bits per heavy atom. The highest BCUT2D eigenvalue weighted by atomic mass is 16.5. The van der Waals surface area contributed by atoms with Gasteiger partial charge in [-0.05, 0) is 24.0 Å². The summed E-state index contributed by atoms with van der Waals surface area (Å²) >= 11 is 0. The number of fused-ring (bicyclic) bond motifs is 1. The summed E-state index contributed by atoms with van der Waals surface area (Å²) in [7, 11) is 0. The predicted molar refractivity (Wildman–Crippen MR) is 85.9 cm³/mol. The minimum Gasteiger partial charge on any atom is -0.381 e. The number of amides is 2. The molecule has 0 bridgehead atoms. The zero-order valence-electron chi connectivity index (χ0n) is 13.3. The van der Waals surface area contributed by atoms with Crippen LogP contribution in [0.2, 0.25) is 0 Å². The Hall–Kier alpha value is -1.55. The van der Waals surface area contributed by atoms with Crippen molar-refractivity contribution in [1.82, 2.24) is 5.32 Å². The van der Waals surface area contributed by atoms with Gasteiger partial charge in [0, 0.05) is 37.9 Å². The molecule has 0 saturated carbocycles. The van der Waals surface area contributed by atoms with Crippen molar-refractivity contribution >= 4 is 11.7 Å². The first-order valence-electron chi connectivity index (χ1n) is 7.81. The van der Waals surface area contributed by atoms with Crippen molar-refractivity contribution in [2.75, 3.05) is 31.2 Å². The summed E-state index contributed by atoms with van der Waals surface area (Å²) in [5.41, 5.74) is 2.30. The number of rotatable bonds is 6. The lowest BCUT2D eigenvalue weighted by Gasteiger charge is -2.18. The number of anilines is 1. The Morgan fingerprint density at radius 2 is 2.19 bits per heavy atom. The SMILES string of the molecule is CC(C)COCCCNC(=O)N1CC(C)c2ccccc21. The molecular formula is C17H26N2O2. The number of nitrogens with zero attached hydrogens (tertiary/aromatic N) is 1. The Morgan fingerprint density at radius 3 is 2.95 bits per heavy atom. The van der Waals surface area contributed by atoms with Crippen LogP contribution in [-0.4, -0.2) is 32.3 Å². The van der Waals surface area contributed by atoms with Gasteiger partial charge in [0.05, 0.1) is 0 Å². The maximum Gasteiger partial charge on any atom is 0.321 e. The fourth-order valence-corrected chi connectivity index (χ4v) is 2.60. The van der Waals surface area contributed by atoms with Crippen LogP contribution < -0.4 is 10.2 Å². The summed E-state index contributed by atoms with van der Waals surface area (Å²) in [6, 6.07) is 8.13. The van der Waals surface area contributed by atoms with E-state index >= 15 is 0 Å². The second-order valence-corrected chi connectivity index (χ2v) is 6.12. The van der Waals surface area contributed by atoms with E-state index < -0.39 is 0 Å². The van der Waals surface area contributed by atoms with E-state index in [1.165, 1.54) is 5.56 Å². The number of ether oxygens (including phenoxy) is 1. The van der Waals surface area contributed by atoms with Crippen molar-refractivity contribution in [1.29, 1.82) is 0 Å². The van der Waals surface area contributed by atoms with Crippen molar-refractivity contribution in [2.45, 2.75) is 33.1 Å². The molecule has 1 N–H and O–H groups in total. The molecule has 0 saturated heterocycles. The summed E-state index contributed by atoms with van der Waals surface area (Å²) in [6.07, 6.45) is 0.851. The minimum absolute atomic E-state index is 0.00402. The van der Waals surface area contributed by atoms with Crippen molar-refractivity contribution in [3.05, 3.63) is 29.8 Å². The third-order valence-corrected chi connectivity index (χ3v) is 3.65. The summed E-state index contributed by atoms with van der Waals surface area (Å²) in [5, 5.41) is 2.98. The molecule has 1 aliphatic heterocycles. The van der Waals surface area contributed by atoms with E-state index in [1.807, 2.05) is 23.1 Å². The first-order valence-corrected chi connectivity index (χ1v) is 7.81. The third-order valence-electron chi connectivity index (χ3n) is 3.65. The number of para-hydroxylation sites is 1. The standard InChI is InChI=1S/C17H26N2O2/c1-13(2)12-21-10-6-9-18-17(20)19-11-14(3)15-7-4-5-8-16(15)19/h4-5,7-8,13-14H,6,9-12H2,1-3H3,(H,18,20). The molecule has 0 fully saturated rings. The van der Waals surface area contributed by atoms with E-state index in [0.717, 1.165) is 25.3 Å². The number of hydrogen-bond acceptors (Lipinski definition) is 2. The second kappa shape index (κ2) is 7.46. The smallest absolute Gasteiger partial charge is 0.321 e. The topological polar surface area (TPSA) is 41.6 Å². The van der Waals surface area contributed by atoms with Crippen LogP contribution in [0.3, 0.4) is 0 Å². The number of hydrogen-bond donors (Lipinski definition) is 1. The van der Waals surface area contributed by atoms with E-state index in [4.69, 9.17) is 4.74 Å². The zero-order valence-corrected chi connectivity index (χ0v) is 13.3. The average molecular weight is 290 g/mol. The van der Waals surface area contributed by atoms with Crippen molar-refractivity contribution < 1.29 is 9.53 Å². The Kier molecular flexibility index (Phi) is 5.62. The zero-order chi connectivity index (χ0) is 15.2. The molecule has 1 aliphatic rings. The molecule has 0 radical (unpaired) electrons. The molecule has 116 valence electrons. The van der Waals surface area contributed by atoms with E-state index in [2.05, 4.69) is 32.2 Å². The van der Waals surface area contributed by atoms with Gasteiger partial charge < -0.3 is 10.1 Å². The van der Waals surface area contributed by atoms with Crippen LogP contribution in [0.4, 0.5) is 10.5 Å². The van der Waals surface area contributed by atoms with Gasteiger partial charge in [-0.25, -0.2) is 4.79 Å². The minimum atomic E-state index is -0.00402. The lowest BCUT2D eigenvalue weighted by molar-refractivity contribution is 0.108. The van der Waals surface area contributed by atoms with Gasteiger partial charge >= 0.3 is 6.03 Å². The number of urea groups is 1. The fraction of sp³-hybridized carbons (Fsp3) is 0.588. The van der Waals surface area contributed by atoms with Crippen LogP contribution in [-0.2, 0) is 4.74 Å². The molecule has 21 heavy (non-hydrogen) atoms. The molecule has 1 atom stereocenters. The molecule has 2 rings (SSSR count). The molecular weight excluding hydrogens is 264 g/mol. The molecule has 1 unspecified atom stereocenters. The lowest BCUT2D eigenvalue weighted by atomic mass is 10.0. The average Bonchev–Trinajstić information content (AvgIpc) is 2.80. The number of carbonyl (C=O) groups is 1. The van der Waals surface area contributed by atoms with Crippen molar-refractivity contribution in [2.24, 2.45) is 5.92 Å². The molecule has 0 aromatic heterocycles. The molecule has 0 spiro atoms. The van der Waals surface area contributed by atoms with Gasteiger partial charge in [-0.1, -0.05) is 39.0 Å². The van der Waals surface area contributed by atoms with Crippen LogP contribution >= 0.6 is 0 Å². The first kappa shape index (κ1) is 15.8. The van der Waals surface area contributed by atoms with Crippen LogP contribution in [0.5, 0.6) is 0 Å². The van der Waals surface area contributed by atoms with E-state index in [0.29, 0.717) is 25.0 Å². The highest BCUT2D eigenvalue weighted by Gasteiger charge is 2.28. The Bertz CT molecular complexity index is 474. The maximum absolute atomic E-state index is 12.3. The third kappa shape index (κ3) is 4.21. The van der Waals surface area contributed by atoms with Crippen LogP contribution in [0.15, 0.2) is 24.3 Å². The van der Waals surface area contributed by atoms with Gasteiger partial charge in [-0.2, -0.15) is 0 Å². The molecule has 1 heterocycles. The van der Waals surface area contributed by atoms with Crippen LogP contribution in [0, 0.1) is 5.92 Å². The molecule has 4 nitrogen and oxygen atoms in total. The van der Waals surface area contributed by atoms with E-state index in [1.54, 1.807) is 0 Å². The molecule has 1 aromatic rings. The normalized spacial score (nSPS) is 17.1. The fourth-order valence-electron chi connectivity index (χ4n) is 2.60. The van der Waals surface area contributed by atoms with E-state index in [-0.39, 0.29) is 6.03 Å². The highest BCUT2D eigenvalue weighted by Crippen LogP contribution is 2.35. The van der Waals surface area contributed by atoms with Crippen molar-refractivity contribution in [3.63, 3.8) is 0 Å². The Labute approximate surface area is 127 Å². The number of carbonyl (C=O) groups excluding carboxylic acids is 1. The second-order valence-electron chi connectivity index (χ2n) is 6.12. The maximum atomic E-state index is 12.3. The van der Waals surface area contributed by atoms with E-state index in [9.17, 15) is 4.79 Å². The summed E-state index contributed by atoms with van der Waals surface area (Å²) < 4.78 is 5.51. The predicted octanol–water partition coefficient (Wildman–Crippen LogP) is 3.38. The van der Waals surface area contributed by atoms with Gasteiger partial charge in [0.2, 0.25) is 0 Å². The number of nitrogens with one attached hydrogen (secondary N) is 1. The molecule has 0 aliphatic carbocycles. The summed E-state index contributed by atoms with van der Waals surface area (Å²) in [5.74, 6) is 0.962. The number of benzene rings is 1.